The van der Waals surface area contributed by atoms with Gasteiger partial charge in [0.25, 0.3) is 11.1 Å². The second-order valence-corrected chi connectivity index (χ2v) is 7.02. The fourth-order valence-corrected chi connectivity index (χ4v) is 3.58. The number of methoxy groups -OCH3 is 1. The van der Waals surface area contributed by atoms with Crippen LogP contribution in [0.25, 0.3) is 6.08 Å². The van der Waals surface area contributed by atoms with Crippen molar-refractivity contribution in [3.05, 3.63) is 26.2 Å². The first-order valence-electron chi connectivity index (χ1n) is 6.72. The Morgan fingerprint density at radius 3 is 2.73 bits per heavy atom. The molecule has 1 aliphatic heterocycles. The van der Waals surface area contributed by atoms with Crippen LogP contribution in [0.3, 0.4) is 0 Å². The van der Waals surface area contributed by atoms with Gasteiger partial charge in [0, 0.05) is 6.04 Å². The van der Waals surface area contributed by atoms with E-state index >= 15 is 0 Å². The number of phenolic OH excluding ortho intramolecular Hbond substituents is 1. The molecule has 1 aromatic carbocycles. The highest BCUT2D eigenvalue weighted by Crippen LogP contribution is 2.37. The summed E-state index contributed by atoms with van der Waals surface area (Å²) in [5.74, 6) is 0.124. The molecular formula is C15H16INO4S. The summed E-state index contributed by atoms with van der Waals surface area (Å²) < 4.78 is 5.72. The Kier molecular flexibility index (Phi) is 5.38. The van der Waals surface area contributed by atoms with Crippen LogP contribution < -0.4 is 4.74 Å². The first-order chi connectivity index (χ1) is 10.4. The molecule has 0 aliphatic carbocycles. The summed E-state index contributed by atoms with van der Waals surface area (Å²) in [6.45, 7) is 3.79. The molecular weight excluding hydrogens is 417 g/mol. The van der Waals surface area contributed by atoms with Gasteiger partial charge in [0.1, 0.15) is 0 Å². The van der Waals surface area contributed by atoms with Crippen LogP contribution in [0.1, 0.15) is 25.8 Å². The van der Waals surface area contributed by atoms with Gasteiger partial charge in [-0.25, -0.2) is 0 Å². The van der Waals surface area contributed by atoms with E-state index in [9.17, 15) is 14.7 Å². The Morgan fingerprint density at radius 1 is 1.45 bits per heavy atom. The van der Waals surface area contributed by atoms with E-state index in [-0.39, 0.29) is 22.9 Å². The zero-order valence-corrected chi connectivity index (χ0v) is 15.4. The van der Waals surface area contributed by atoms with Crippen LogP contribution in [0.2, 0.25) is 0 Å². The molecule has 0 aromatic heterocycles. The maximum Gasteiger partial charge on any atom is 0.293 e. The van der Waals surface area contributed by atoms with E-state index in [0.29, 0.717) is 19.8 Å². The Hall–Kier alpha value is -1.22. The van der Waals surface area contributed by atoms with E-state index in [1.807, 2.05) is 36.4 Å². The van der Waals surface area contributed by atoms with E-state index in [0.717, 1.165) is 18.2 Å². The number of nitrogens with zero attached hydrogens (tertiary/aromatic N) is 1. The predicted molar refractivity (Wildman–Crippen MR) is 94.9 cm³/mol. The number of benzene rings is 1. The summed E-state index contributed by atoms with van der Waals surface area (Å²) >= 11 is 2.92. The zero-order valence-electron chi connectivity index (χ0n) is 12.4. The Morgan fingerprint density at radius 2 is 2.14 bits per heavy atom. The number of carbonyl (C=O) groups is 2. The number of phenols is 1. The van der Waals surface area contributed by atoms with Gasteiger partial charge in [0.2, 0.25) is 0 Å². The number of rotatable bonds is 4. The maximum atomic E-state index is 12.4. The third kappa shape index (κ3) is 3.24. The number of carbonyl (C=O) groups excluding carboxylic acids is 2. The normalized spacial score (nSPS) is 18.2. The predicted octanol–water partition coefficient (Wildman–Crippen LogP) is 3.84. The smallest absolute Gasteiger partial charge is 0.293 e. The van der Waals surface area contributed by atoms with Crippen molar-refractivity contribution in [1.29, 1.82) is 0 Å². The van der Waals surface area contributed by atoms with Crippen LogP contribution in [-0.4, -0.2) is 34.3 Å². The van der Waals surface area contributed by atoms with Crippen LogP contribution in [0.4, 0.5) is 4.79 Å². The molecule has 1 heterocycles. The third-order valence-corrected chi connectivity index (χ3v) is 5.13. The molecule has 1 N–H and O–H groups in total. The van der Waals surface area contributed by atoms with Gasteiger partial charge in [0.05, 0.1) is 15.6 Å². The highest BCUT2D eigenvalue weighted by atomic mass is 127. The average molecular weight is 433 g/mol. The first kappa shape index (κ1) is 17.1. The molecule has 1 saturated heterocycles. The molecule has 22 heavy (non-hydrogen) atoms. The van der Waals surface area contributed by atoms with E-state index in [2.05, 4.69) is 0 Å². The fourth-order valence-electron chi connectivity index (χ4n) is 2.03. The van der Waals surface area contributed by atoms with E-state index < -0.39 is 0 Å². The second-order valence-electron chi connectivity index (χ2n) is 4.86. The summed E-state index contributed by atoms with van der Waals surface area (Å²) in [6.07, 6.45) is 2.37. The number of imide groups is 1. The highest BCUT2D eigenvalue weighted by molar-refractivity contribution is 14.1. The SMILES string of the molecule is CC[C@H](C)N1C(=O)S/C(=C/c2cc(I)c(O)c(OC)c2)C1=O. The Labute approximate surface area is 146 Å². The highest BCUT2D eigenvalue weighted by Gasteiger charge is 2.37. The summed E-state index contributed by atoms with van der Waals surface area (Å²) in [5, 5.41) is 9.59. The van der Waals surface area contributed by atoms with Gasteiger partial charge in [-0.15, -0.1) is 0 Å². The molecule has 2 amide bonds. The van der Waals surface area contributed by atoms with E-state index in [1.54, 1.807) is 18.2 Å². The molecule has 0 unspecified atom stereocenters. The van der Waals surface area contributed by atoms with Crippen molar-refractivity contribution < 1.29 is 19.4 Å². The molecule has 0 saturated carbocycles. The molecule has 1 fully saturated rings. The number of thioether (sulfide) groups is 1. The summed E-state index contributed by atoms with van der Waals surface area (Å²) in [4.78, 5) is 26.0. The van der Waals surface area contributed by atoms with Crippen molar-refractivity contribution in [2.45, 2.75) is 26.3 Å². The number of aromatic hydroxyl groups is 1. The number of ether oxygens (including phenoxy) is 1. The number of halogens is 1. The Bertz CT molecular complexity index is 659. The first-order valence-corrected chi connectivity index (χ1v) is 8.62. The van der Waals surface area contributed by atoms with Gasteiger partial charge < -0.3 is 9.84 Å². The number of hydrogen-bond donors (Lipinski definition) is 1. The van der Waals surface area contributed by atoms with Crippen LogP contribution in [0.15, 0.2) is 17.0 Å². The summed E-state index contributed by atoms with van der Waals surface area (Å²) in [6, 6.07) is 3.25. The number of amides is 2. The molecule has 7 heteroatoms. The van der Waals surface area contributed by atoms with Crippen LogP contribution in [0.5, 0.6) is 11.5 Å². The van der Waals surface area contributed by atoms with Gasteiger partial charge in [-0.2, -0.15) is 0 Å². The molecule has 1 aliphatic rings. The van der Waals surface area contributed by atoms with Crippen molar-refractivity contribution in [3.8, 4) is 11.5 Å². The molecule has 5 nitrogen and oxygen atoms in total. The van der Waals surface area contributed by atoms with Gasteiger partial charge in [-0.3, -0.25) is 14.5 Å². The lowest BCUT2D eigenvalue weighted by molar-refractivity contribution is -0.124. The van der Waals surface area contributed by atoms with Crippen molar-refractivity contribution in [2.75, 3.05) is 7.11 Å². The number of hydrogen-bond acceptors (Lipinski definition) is 5. The lowest BCUT2D eigenvalue weighted by Crippen LogP contribution is -2.36. The van der Waals surface area contributed by atoms with Crippen LogP contribution in [0, 0.1) is 3.57 Å². The molecule has 0 bridgehead atoms. The van der Waals surface area contributed by atoms with Crippen molar-refractivity contribution in [3.63, 3.8) is 0 Å². The zero-order chi connectivity index (χ0) is 16.4. The minimum absolute atomic E-state index is 0.0629. The second kappa shape index (κ2) is 6.91. The lowest BCUT2D eigenvalue weighted by Gasteiger charge is -2.19. The Balaban J connectivity index is 2.37. The van der Waals surface area contributed by atoms with Crippen LogP contribution in [-0.2, 0) is 4.79 Å². The van der Waals surface area contributed by atoms with Gasteiger partial charge in [0.15, 0.2) is 11.5 Å². The maximum absolute atomic E-state index is 12.4. The molecule has 1 aromatic rings. The topological polar surface area (TPSA) is 66.8 Å². The monoisotopic (exact) mass is 433 g/mol. The third-order valence-electron chi connectivity index (χ3n) is 3.42. The molecule has 2 rings (SSSR count). The van der Waals surface area contributed by atoms with Crippen molar-refractivity contribution in [1.82, 2.24) is 4.90 Å². The average Bonchev–Trinajstić information content (AvgIpc) is 2.76. The summed E-state index contributed by atoms with van der Waals surface area (Å²) in [7, 11) is 1.46. The van der Waals surface area contributed by atoms with Crippen molar-refractivity contribution in [2.24, 2.45) is 0 Å². The molecule has 118 valence electrons. The van der Waals surface area contributed by atoms with Gasteiger partial charge >= 0.3 is 0 Å². The van der Waals surface area contributed by atoms with E-state index in [4.69, 9.17) is 4.74 Å². The van der Waals surface area contributed by atoms with Gasteiger partial charge in [-0.1, -0.05) is 6.92 Å². The van der Waals surface area contributed by atoms with Gasteiger partial charge in [-0.05, 0) is 71.5 Å². The minimum atomic E-state index is -0.272. The largest absolute Gasteiger partial charge is 0.504 e. The molecule has 1 atom stereocenters. The summed E-state index contributed by atoms with van der Waals surface area (Å²) in [5.41, 5.74) is 0.703. The fraction of sp³-hybridized carbons (Fsp3) is 0.333. The molecule has 0 spiro atoms. The van der Waals surface area contributed by atoms with Crippen LogP contribution >= 0.6 is 34.4 Å². The minimum Gasteiger partial charge on any atom is -0.504 e. The standard InChI is InChI=1S/C15H16INO4S/c1-4-8(2)17-14(19)12(22-15(17)20)7-9-5-10(16)13(18)11(6-9)21-3/h5-8,18H,4H2,1-3H3/b12-7+/t8-/m0/s1. The quantitative estimate of drug-likeness (QED) is 0.578. The van der Waals surface area contributed by atoms with Crippen molar-refractivity contribution >= 4 is 51.6 Å². The van der Waals surface area contributed by atoms with E-state index in [1.165, 1.54) is 12.0 Å². The molecule has 0 radical (unpaired) electrons. The lowest BCUT2D eigenvalue weighted by atomic mass is 10.1.